The Morgan fingerprint density at radius 2 is 2.11 bits per heavy atom. The number of carbonyl (C=O) groups is 3. The number of amides is 4. The molecule has 11 heteroatoms. The molecule has 0 aromatic heterocycles. The molecule has 140 valence electrons. The highest BCUT2D eigenvalue weighted by Crippen LogP contribution is 2.20. The van der Waals surface area contributed by atoms with Crippen molar-refractivity contribution in [3.63, 3.8) is 0 Å². The average Bonchev–Trinajstić information content (AvgIpc) is 3.04. The first-order valence-electron chi connectivity index (χ1n) is 7.82. The average molecular weight is 436 g/mol. The summed E-state index contributed by atoms with van der Waals surface area (Å²) in [6.45, 7) is -0.179. The molecule has 4 amide bonds. The number of halogens is 1. The Hall–Kier alpha value is -3.17. The smallest absolute Gasteiger partial charge is 0.389 e. The van der Waals surface area contributed by atoms with E-state index in [-0.39, 0.29) is 18.1 Å². The van der Waals surface area contributed by atoms with Gasteiger partial charge in [0.05, 0.1) is 13.3 Å². The number of fused-ring (bicyclic) bond motifs is 1. The number of likely N-dealkylation sites (N-methyl/N-ethyl adjacent to an activating group) is 2. The van der Waals surface area contributed by atoms with Crippen LogP contribution in [0.25, 0.3) is 0 Å². The second-order valence-electron chi connectivity index (χ2n) is 5.91. The summed E-state index contributed by atoms with van der Waals surface area (Å²) >= 11 is 3.28. The number of hydrogen-bond acceptors (Lipinski definition) is 6. The number of phenols is 1. The van der Waals surface area contributed by atoms with E-state index in [1.54, 1.807) is 12.1 Å². The van der Waals surface area contributed by atoms with Crippen LogP contribution in [0.4, 0.5) is 4.79 Å². The number of benzene rings is 1. The van der Waals surface area contributed by atoms with Crippen molar-refractivity contribution in [2.24, 2.45) is 5.10 Å². The Morgan fingerprint density at radius 1 is 1.37 bits per heavy atom. The van der Waals surface area contributed by atoms with Gasteiger partial charge in [-0.05, 0) is 18.2 Å². The van der Waals surface area contributed by atoms with E-state index in [0.717, 1.165) is 9.37 Å². The normalized spacial score (nSPS) is 19.0. The summed E-state index contributed by atoms with van der Waals surface area (Å²) in [5.41, 5.74) is 2.76. The lowest BCUT2D eigenvalue weighted by Crippen LogP contribution is -2.63. The minimum atomic E-state index is -0.832. The van der Waals surface area contributed by atoms with Gasteiger partial charge < -0.3 is 5.11 Å². The van der Waals surface area contributed by atoms with E-state index < -0.39 is 23.9 Å². The van der Waals surface area contributed by atoms with Crippen molar-refractivity contribution >= 4 is 52.2 Å². The molecular formula is C16H16BrN6O4+. The second-order valence-corrected chi connectivity index (χ2v) is 6.83. The maximum Gasteiger partial charge on any atom is 0.389 e. The lowest BCUT2D eigenvalue weighted by atomic mass is 10.1. The molecule has 0 radical (unpaired) electrons. The lowest BCUT2D eigenvalue weighted by Gasteiger charge is -2.29. The highest BCUT2D eigenvalue weighted by Gasteiger charge is 2.53. The van der Waals surface area contributed by atoms with Crippen molar-refractivity contribution in [1.29, 1.82) is 0 Å². The molecule has 2 aliphatic rings. The molecule has 3 rings (SSSR count). The van der Waals surface area contributed by atoms with Gasteiger partial charge in [-0.15, -0.1) is 0 Å². The fraction of sp³-hybridized carbons (Fsp3) is 0.250. The Labute approximate surface area is 162 Å². The topological polar surface area (TPSA) is 120 Å². The number of urea groups is 1. The highest BCUT2D eigenvalue weighted by molar-refractivity contribution is 9.10. The summed E-state index contributed by atoms with van der Waals surface area (Å²) in [5.74, 6) is -0.645. The van der Waals surface area contributed by atoms with Gasteiger partial charge in [0.25, 0.3) is 24.2 Å². The molecule has 0 saturated carbocycles. The van der Waals surface area contributed by atoms with Gasteiger partial charge >= 0.3 is 11.9 Å². The molecule has 1 saturated heterocycles. The molecule has 0 bridgehead atoms. The lowest BCUT2D eigenvalue weighted by molar-refractivity contribution is -0.131. The summed E-state index contributed by atoms with van der Waals surface area (Å²) in [4.78, 5) is 40.1. The quantitative estimate of drug-likeness (QED) is 0.368. The number of hydrogen-bond donors (Lipinski definition) is 2. The van der Waals surface area contributed by atoms with Crippen molar-refractivity contribution in [3.05, 3.63) is 28.2 Å². The first kappa shape index (κ1) is 18.6. The largest absolute Gasteiger partial charge is 0.507 e. The Balaban J connectivity index is 1.63. The number of rotatable bonds is 4. The Morgan fingerprint density at radius 3 is 2.85 bits per heavy atom. The molecule has 0 aliphatic carbocycles. The van der Waals surface area contributed by atoms with Gasteiger partial charge in [-0.3, -0.25) is 19.4 Å². The molecule has 1 aromatic carbocycles. The molecule has 1 atom stereocenters. The fourth-order valence-corrected chi connectivity index (χ4v) is 3.06. The number of imide groups is 1. The highest BCUT2D eigenvalue weighted by atomic mass is 79.9. The molecule has 10 nitrogen and oxygen atoms in total. The molecule has 2 heterocycles. The van der Waals surface area contributed by atoms with Crippen LogP contribution in [0.15, 0.2) is 27.8 Å². The minimum Gasteiger partial charge on any atom is -0.507 e. The summed E-state index contributed by atoms with van der Waals surface area (Å²) < 4.78 is 4.83. The molecule has 27 heavy (non-hydrogen) atoms. The maximum atomic E-state index is 12.4. The van der Waals surface area contributed by atoms with Crippen LogP contribution in [0.1, 0.15) is 5.56 Å². The van der Waals surface area contributed by atoms with E-state index in [1.165, 1.54) is 42.5 Å². The van der Waals surface area contributed by atoms with Crippen molar-refractivity contribution in [2.45, 2.75) is 6.04 Å². The molecule has 1 unspecified atom stereocenters. The SMILES string of the molecule is CN1C(=O)C2C(=[N+]=CN2CC(=O)N/N=C/c2cc(Br)ccc2O)N(C)C1=O. The zero-order valence-corrected chi connectivity index (χ0v) is 16.0. The van der Waals surface area contributed by atoms with Gasteiger partial charge in [-0.1, -0.05) is 15.9 Å². The number of nitrogens with one attached hydrogen (secondary N) is 1. The molecular weight excluding hydrogens is 420 g/mol. The molecule has 1 aromatic rings. The number of nitrogens with zero attached hydrogens (tertiary/aromatic N) is 5. The number of aromatic hydroxyl groups is 1. The van der Waals surface area contributed by atoms with Gasteiger partial charge in [0, 0.05) is 17.1 Å². The van der Waals surface area contributed by atoms with Crippen LogP contribution in [0.5, 0.6) is 5.75 Å². The van der Waals surface area contributed by atoms with Crippen LogP contribution in [-0.2, 0) is 9.59 Å². The Bertz CT molecular complexity index is 923. The predicted octanol–water partition coefficient (Wildman–Crippen LogP) is -0.693. The van der Waals surface area contributed by atoms with Crippen molar-refractivity contribution in [2.75, 3.05) is 20.6 Å². The zero-order chi connectivity index (χ0) is 19.7. The van der Waals surface area contributed by atoms with Gasteiger partial charge in [0.1, 0.15) is 12.3 Å². The van der Waals surface area contributed by atoms with E-state index in [0.29, 0.717) is 5.56 Å². The number of phenolic OH excluding ortho intramolecular Hbond substituents is 1. The van der Waals surface area contributed by atoms with Gasteiger partial charge in [0.15, 0.2) is 0 Å². The first-order valence-corrected chi connectivity index (χ1v) is 8.61. The predicted molar refractivity (Wildman–Crippen MR) is 101 cm³/mol. The van der Waals surface area contributed by atoms with Crippen LogP contribution in [0.2, 0.25) is 0 Å². The van der Waals surface area contributed by atoms with Gasteiger partial charge in [0.2, 0.25) is 0 Å². The van der Waals surface area contributed by atoms with E-state index in [2.05, 4.69) is 31.1 Å². The zero-order valence-electron chi connectivity index (χ0n) is 14.5. The van der Waals surface area contributed by atoms with Crippen LogP contribution >= 0.6 is 15.9 Å². The Kier molecular flexibility index (Phi) is 4.98. The molecule has 0 spiro atoms. The maximum absolute atomic E-state index is 12.4. The van der Waals surface area contributed by atoms with Crippen molar-refractivity contribution in [3.8, 4) is 5.75 Å². The monoisotopic (exact) mass is 435 g/mol. The number of hydrazone groups is 1. The van der Waals surface area contributed by atoms with Gasteiger partial charge in [-0.2, -0.15) is 10.0 Å². The number of amidine groups is 1. The number of carbonyl (C=O) groups excluding carboxylic acids is 3. The third-order valence-corrected chi connectivity index (χ3v) is 4.60. The molecule has 2 aliphatic heterocycles. The standard InChI is InChI=1S/C16H15BrN6O4/c1-21-14-13(15(26)22(2)16(21)27)23(8-18-14)7-12(25)20-19-6-9-5-10(17)3-4-11(9)24/h3-6,8,13H,7H2,1-2H3,(H-,19,20,24,25)/p+1. The summed E-state index contributed by atoms with van der Waals surface area (Å²) in [7, 11) is 2.90. The van der Waals surface area contributed by atoms with Crippen molar-refractivity contribution < 1.29 is 19.5 Å². The van der Waals surface area contributed by atoms with E-state index >= 15 is 0 Å². The van der Waals surface area contributed by atoms with E-state index in [9.17, 15) is 19.5 Å². The third-order valence-electron chi connectivity index (χ3n) is 4.11. The van der Waals surface area contributed by atoms with Gasteiger partial charge in [-0.25, -0.2) is 14.9 Å². The van der Waals surface area contributed by atoms with E-state index in [1.807, 2.05) is 0 Å². The van der Waals surface area contributed by atoms with Crippen molar-refractivity contribution in [1.82, 2.24) is 24.8 Å². The van der Waals surface area contributed by atoms with Crippen LogP contribution < -0.4 is 10.1 Å². The van der Waals surface area contributed by atoms with Crippen LogP contribution in [0, 0.1) is 0 Å². The minimum absolute atomic E-state index is 0.0191. The van der Waals surface area contributed by atoms with Crippen LogP contribution in [-0.4, -0.2) is 82.7 Å². The third kappa shape index (κ3) is 3.55. The summed E-state index contributed by atoms with van der Waals surface area (Å²) in [5, 5.41) is 13.5. The second kappa shape index (κ2) is 7.22. The summed E-state index contributed by atoms with van der Waals surface area (Å²) in [6, 6.07) is 3.50. The van der Waals surface area contributed by atoms with Crippen LogP contribution in [0.3, 0.4) is 0 Å². The molecule has 2 N–H and O–H groups in total. The van der Waals surface area contributed by atoms with E-state index in [4.69, 9.17) is 0 Å². The fourth-order valence-electron chi connectivity index (χ4n) is 2.68. The molecule has 1 fully saturated rings. The summed E-state index contributed by atoms with van der Waals surface area (Å²) in [6.07, 6.45) is 2.66. The first-order chi connectivity index (χ1) is 12.8.